The van der Waals surface area contributed by atoms with E-state index in [1.54, 1.807) is 24.3 Å². The molecule has 2 bridgehead atoms. The Labute approximate surface area is 151 Å². The van der Waals surface area contributed by atoms with Gasteiger partial charge in [0.1, 0.15) is 11.8 Å². The number of nitrogens with one attached hydrogen (secondary N) is 1. The zero-order valence-electron chi connectivity index (χ0n) is 14.5. The average Bonchev–Trinajstić information content (AvgIpc) is 3.13. The van der Waals surface area contributed by atoms with E-state index < -0.39 is 0 Å². The number of rotatable bonds is 4. The highest BCUT2D eigenvalue weighted by Crippen LogP contribution is 2.32. The number of nitrogens with zero attached hydrogens (tertiary/aromatic N) is 3. The number of ether oxygens (including phenoxy) is 1. The van der Waals surface area contributed by atoms with E-state index >= 15 is 0 Å². The molecule has 1 N–H and O–H groups in total. The molecule has 2 aromatic rings. The Morgan fingerprint density at radius 1 is 1.35 bits per heavy atom. The second kappa shape index (κ2) is 6.81. The number of hydrogen-bond donors (Lipinski definition) is 1. The van der Waals surface area contributed by atoms with Gasteiger partial charge in [0.15, 0.2) is 0 Å². The number of carbonyl (C=O) groups excluding carboxylic acids is 1. The van der Waals surface area contributed by atoms with Crippen LogP contribution >= 0.6 is 0 Å². The number of nitriles is 1. The fraction of sp³-hybridized carbons (Fsp3) is 0.421. The molecule has 134 valence electrons. The van der Waals surface area contributed by atoms with Crippen molar-refractivity contribution < 1.29 is 14.1 Å². The van der Waals surface area contributed by atoms with Crippen LogP contribution in [-0.2, 0) is 0 Å². The van der Waals surface area contributed by atoms with Crippen molar-refractivity contribution in [2.24, 2.45) is 5.92 Å². The van der Waals surface area contributed by atoms with Crippen LogP contribution in [0.5, 0.6) is 11.6 Å². The molecule has 2 atom stereocenters. The van der Waals surface area contributed by atoms with Gasteiger partial charge in [0.2, 0.25) is 5.76 Å². The fourth-order valence-electron chi connectivity index (χ4n) is 3.93. The lowest BCUT2D eigenvalue weighted by Crippen LogP contribution is -2.62. The van der Waals surface area contributed by atoms with Gasteiger partial charge in [0.05, 0.1) is 6.07 Å². The highest BCUT2D eigenvalue weighted by molar-refractivity contribution is 5.94. The fourth-order valence-corrected chi connectivity index (χ4v) is 3.93. The van der Waals surface area contributed by atoms with Crippen LogP contribution in [0.3, 0.4) is 0 Å². The zero-order chi connectivity index (χ0) is 18.1. The van der Waals surface area contributed by atoms with Crippen LogP contribution < -0.4 is 10.1 Å². The van der Waals surface area contributed by atoms with Gasteiger partial charge in [-0.3, -0.25) is 9.69 Å². The molecule has 0 radical (unpaired) electrons. The average molecular weight is 352 g/mol. The molecule has 5 rings (SSSR count). The van der Waals surface area contributed by atoms with Crippen LogP contribution in [-0.4, -0.2) is 41.1 Å². The minimum atomic E-state index is -0.0599. The van der Waals surface area contributed by atoms with Crippen LogP contribution in [0.15, 0.2) is 34.9 Å². The summed E-state index contributed by atoms with van der Waals surface area (Å²) >= 11 is 0. The Morgan fingerprint density at radius 2 is 2.08 bits per heavy atom. The molecule has 4 heterocycles. The Kier molecular flexibility index (Phi) is 4.35. The maximum absolute atomic E-state index is 12.6. The highest BCUT2D eigenvalue weighted by Gasteiger charge is 2.40. The largest absolute Gasteiger partial charge is 0.436 e. The molecular formula is C19H20N4O3. The summed E-state index contributed by atoms with van der Waals surface area (Å²) in [4.78, 5) is 15.1. The third-order valence-electron chi connectivity index (χ3n) is 5.41. The molecule has 0 saturated carbocycles. The first-order valence-electron chi connectivity index (χ1n) is 8.83. The Balaban J connectivity index is 1.40. The van der Waals surface area contributed by atoms with Crippen LogP contribution in [0.2, 0.25) is 0 Å². The number of fused-ring (bicyclic) bond motifs is 3. The molecule has 3 fully saturated rings. The van der Waals surface area contributed by atoms with E-state index in [1.165, 1.54) is 6.07 Å². The quantitative estimate of drug-likeness (QED) is 0.909. The molecular weight excluding hydrogens is 332 g/mol. The van der Waals surface area contributed by atoms with Crippen LogP contribution in [0.4, 0.5) is 0 Å². The van der Waals surface area contributed by atoms with Crippen molar-refractivity contribution in [3.63, 3.8) is 0 Å². The second-order valence-electron chi connectivity index (χ2n) is 6.88. The maximum Gasteiger partial charge on any atom is 0.260 e. The standard InChI is InChI=1S/C19H20N4O3/c1-12-18(13-6-8-23(12)9-7-13)21-19(24)14-2-4-15(5-3-14)25-17-10-16(11-20)26-22-17/h2-5,10,12-13,18H,6-9H2,1H3,(H,21,24). The van der Waals surface area contributed by atoms with Gasteiger partial charge in [0, 0.05) is 17.6 Å². The monoisotopic (exact) mass is 352 g/mol. The maximum atomic E-state index is 12.6. The van der Waals surface area contributed by atoms with E-state index in [1.807, 2.05) is 6.07 Å². The van der Waals surface area contributed by atoms with Gasteiger partial charge >= 0.3 is 0 Å². The van der Waals surface area contributed by atoms with Crippen LogP contribution in [0.25, 0.3) is 0 Å². The molecule has 3 aliphatic rings. The zero-order valence-corrected chi connectivity index (χ0v) is 14.5. The smallest absolute Gasteiger partial charge is 0.260 e. The number of hydrogen-bond acceptors (Lipinski definition) is 6. The molecule has 7 heteroatoms. The van der Waals surface area contributed by atoms with Crippen molar-refractivity contribution in [1.29, 1.82) is 5.26 Å². The molecule has 0 aliphatic carbocycles. The van der Waals surface area contributed by atoms with Crippen molar-refractivity contribution in [2.45, 2.75) is 31.8 Å². The number of carbonyl (C=O) groups is 1. The third kappa shape index (κ3) is 3.16. The summed E-state index contributed by atoms with van der Waals surface area (Å²) in [5, 5.41) is 15.6. The second-order valence-corrected chi connectivity index (χ2v) is 6.88. The summed E-state index contributed by atoms with van der Waals surface area (Å²) < 4.78 is 10.3. The normalized spacial score (nSPS) is 26.9. The van der Waals surface area contributed by atoms with Gasteiger partial charge in [-0.2, -0.15) is 5.26 Å². The first-order chi connectivity index (χ1) is 12.6. The molecule has 7 nitrogen and oxygen atoms in total. The van der Waals surface area contributed by atoms with E-state index in [-0.39, 0.29) is 23.6 Å². The van der Waals surface area contributed by atoms with E-state index in [2.05, 4.69) is 22.3 Å². The van der Waals surface area contributed by atoms with Crippen molar-refractivity contribution in [3.8, 4) is 17.7 Å². The molecule has 1 aromatic heterocycles. The van der Waals surface area contributed by atoms with E-state index in [0.717, 1.165) is 25.9 Å². The van der Waals surface area contributed by atoms with E-state index in [9.17, 15) is 4.79 Å². The molecule has 3 aliphatic heterocycles. The minimum absolute atomic E-state index is 0.0599. The number of piperidine rings is 3. The summed E-state index contributed by atoms with van der Waals surface area (Å²) in [7, 11) is 0. The Bertz CT molecular complexity index is 829. The SMILES string of the molecule is CC1C(NC(=O)c2ccc(Oc3cc(C#N)on3)cc2)C2CCN1CC2. The van der Waals surface area contributed by atoms with Crippen molar-refractivity contribution in [3.05, 3.63) is 41.7 Å². The van der Waals surface area contributed by atoms with Gasteiger partial charge in [0.25, 0.3) is 11.8 Å². The van der Waals surface area contributed by atoms with Gasteiger partial charge in [-0.15, -0.1) is 0 Å². The van der Waals surface area contributed by atoms with Crippen molar-refractivity contribution in [1.82, 2.24) is 15.4 Å². The van der Waals surface area contributed by atoms with Gasteiger partial charge in [-0.25, -0.2) is 0 Å². The highest BCUT2D eigenvalue weighted by atomic mass is 16.5. The molecule has 26 heavy (non-hydrogen) atoms. The molecule has 3 saturated heterocycles. The first-order valence-corrected chi connectivity index (χ1v) is 8.83. The van der Waals surface area contributed by atoms with Gasteiger partial charge in [-0.05, 0) is 68.2 Å². The summed E-state index contributed by atoms with van der Waals surface area (Å²) in [6, 6.07) is 10.7. The molecule has 1 aromatic carbocycles. The van der Waals surface area contributed by atoms with E-state index in [0.29, 0.717) is 23.3 Å². The molecule has 1 amide bonds. The van der Waals surface area contributed by atoms with Crippen LogP contribution in [0.1, 0.15) is 35.9 Å². The topological polar surface area (TPSA) is 91.4 Å². The number of aromatic nitrogens is 1. The molecule has 2 unspecified atom stereocenters. The summed E-state index contributed by atoms with van der Waals surface area (Å²) in [6.07, 6.45) is 2.31. The van der Waals surface area contributed by atoms with Crippen molar-refractivity contribution in [2.75, 3.05) is 13.1 Å². The van der Waals surface area contributed by atoms with E-state index in [4.69, 9.17) is 14.5 Å². The minimum Gasteiger partial charge on any atom is -0.436 e. The third-order valence-corrected chi connectivity index (χ3v) is 5.41. The first kappa shape index (κ1) is 16.6. The van der Waals surface area contributed by atoms with Crippen LogP contribution in [0, 0.1) is 17.2 Å². The number of benzene rings is 1. The lowest BCUT2D eigenvalue weighted by Gasteiger charge is -2.49. The van der Waals surface area contributed by atoms with Gasteiger partial charge < -0.3 is 14.6 Å². The number of amides is 1. The summed E-state index contributed by atoms with van der Waals surface area (Å²) in [5.41, 5.74) is 0.596. The summed E-state index contributed by atoms with van der Waals surface area (Å²) in [5.74, 6) is 1.33. The lowest BCUT2D eigenvalue weighted by molar-refractivity contribution is 0.0217. The van der Waals surface area contributed by atoms with Gasteiger partial charge in [-0.1, -0.05) is 0 Å². The lowest BCUT2D eigenvalue weighted by atomic mass is 9.79. The predicted octanol–water partition coefficient (Wildman–Crippen LogP) is 2.55. The Morgan fingerprint density at radius 3 is 2.69 bits per heavy atom. The predicted molar refractivity (Wildman–Crippen MR) is 92.7 cm³/mol. The summed E-state index contributed by atoms with van der Waals surface area (Å²) in [6.45, 7) is 4.47. The molecule has 0 spiro atoms. The van der Waals surface area contributed by atoms with Crippen molar-refractivity contribution >= 4 is 5.91 Å². The Hall–Kier alpha value is -2.85.